The average molecular weight is 537 g/mol. The summed E-state index contributed by atoms with van der Waals surface area (Å²) in [5, 5.41) is 0. The van der Waals surface area contributed by atoms with E-state index in [0.29, 0.717) is 36.9 Å². The highest BCUT2D eigenvalue weighted by atomic mass is 16.5. The third kappa shape index (κ3) is 7.71. The van der Waals surface area contributed by atoms with E-state index in [9.17, 15) is 9.59 Å². The number of fused-ring (bicyclic) bond motifs is 4. The van der Waals surface area contributed by atoms with Gasteiger partial charge in [-0.3, -0.25) is 0 Å². The maximum absolute atomic E-state index is 11.7. The Balaban J connectivity index is 0.000000161. The summed E-state index contributed by atoms with van der Waals surface area (Å²) in [4.78, 5) is 23.4. The largest absolute Gasteiger partial charge is 0.462 e. The van der Waals surface area contributed by atoms with Crippen molar-refractivity contribution in [2.45, 2.75) is 39.5 Å². The zero-order valence-electron chi connectivity index (χ0n) is 23.6. The zero-order chi connectivity index (χ0) is 27.9. The molecule has 2 saturated carbocycles. The van der Waals surface area contributed by atoms with Crippen LogP contribution in [0.5, 0.6) is 0 Å². The Bertz CT molecular complexity index is 1180. The molecule has 2 aromatic rings. The third-order valence-corrected chi connectivity index (χ3v) is 8.69. The van der Waals surface area contributed by atoms with E-state index in [1.165, 1.54) is 49.0 Å². The van der Waals surface area contributed by atoms with Gasteiger partial charge >= 0.3 is 11.9 Å². The number of aryl methyl sites for hydroxylation is 2. The van der Waals surface area contributed by atoms with Crippen LogP contribution in [0.15, 0.2) is 85.0 Å². The van der Waals surface area contributed by atoms with Crippen LogP contribution in [0.3, 0.4) is 0 Å². The van der Waals surface area contributed by atoms with Gasteiger partial charge in [-0.25, -0.2) is 9.59 Å². The predicted octanol–water partition coefficient (Wildman–Crippen LogP) is 7.53. The molecule has 2 fully saturated rings. The van der Waals surface area contributed by atoms with Crippen molar-refractivity contribution in [3.63, 3.8) is 0 Å². The summed E-state index contributed by atoms with van der Waals surface area (Å²) in [7, 11) is 0. The van der Waals surface area contributed by atoms with Gasteiger partial charge in [-0.1, -0.05) is 84.0 Å². The number of benzene rings is 2. The minimum Gasteiger partial charge on any atom is -0.462 e. The number of carbonyl (C=O) groups is 2. The monoisotopic (exact) mass is 536 g/mol. The fraction of sp³-hybridized carbons (Fsp3) is 0.389. The fourth-order valence-electron chi connectivity index (χ4n) is 6.33. The Morgan fingerprint density at radius 3 is 1.35 bits per heavy atom. The normalized spacial score (nSPS) is 27.4. The molecule has 4 heteroatoms. The Morgan fingerprint density at radius 2 is 1.02 bits per heavy atom. The number of rotatable bonds is 8. The minimum absolute atomic E-state index is 0.239. The Kier molecular flexibility index (Phi) is 9.15. The first-order valence-corrected chi connectivity index (χ1v) is 14.6. The van der Waals surface area contributed by atoms with E-state index in [0.717, 1.165) is 23.0 Å². The van der Waals surface area contributed by atoms with Gasteiger partial charge in [0.05, 0.1) is 13.2 Å². The third-order valence-electron chi connectivity index (χ3n) is 8.69. The molecule has 0 aromatic heterocycles. The molecule has 0 spiro atoms. The molecular formula is C36H40O4. The van der Waals surface area contributed by atoms with Crippen LogP contribution in [0, 0.1) is 49.4 Å². The summed E-state index contributed by atoms with van der Waals surface area (Å²) < 4.78 is 10.7. The van der Waals surface area contributed by atoms with Crippen molar-refractivity contribution in [3.8, 4) is 0 Å². The maximum atomic E-state index is 11.7. The lowest BCUT2D eigenvalue weighted by atomic mass is 9.95. The van der Waals surface area contributed by atoms with Crippen LogP contribution in [0.2, 0.25) is 0 Å². The average Bonchev–Trinajstić information content (AvgIpc) is 3.78. The first kappa shape index (κ1) is 27.9. The molecule has 4 aliphatic rings. The molecule has 0 saturated heterocycles. The highest BCUT2D eigenvalue weighted by Gasteiger charge is 2.36. The van der Waals surface area contributed by atoms with Crippen molar-refractivity contribution >= 4 is 24.1 Å². The Labute approximate surface area is 238 Å². The molecule has 0 amide bonds. The van der Waals surface area contributed by atoms with Gasteiger partial charge in [0.2, 0.25) is 0 Å². The SMILES string of the molecule is Cc1ccc(/C=C/C(=O)OCC2CC3C=CC2C3)cc1.Cc1ccc(/C=C/C(=O)OCC2CC3C=CC2C3)cc1. The van der Waals surface area contributed by atoms with E-state index >= 15 is 0 Å². The topological polar surface area (TPSA) is 52.6 Å². The second-order valence-corrected chi connectivity index (χ2v) is 11.8. The molecule has 0 N–H and O–H groups in total. The summed E-state index contributed by atoms with van der Waals surface area (Å²) in [6.45, 7) is 5.21. The first-order valence-electron chi connectivity index (χ1n) is 14.6. The van der Waals surface area contributed by atoms with Crippen LogP contribution in [0.4, 0.5) is 0 Å². The maximum Gasteiger partial charge on any atom is 0.330 e. The van der Waals surface area contributed by atoms with Gasteiger partial charge in [-0.15, -0.1) is 0 Å². The van der Waals surface area contributed by atoms with Gasteiger partial charge in [0, 0.05) is 12.2 Å². The lowest BCUT2D eigenvalue weighted by molar-refractivity contribution is -0.140. The highest BCUT2D eigenvalue weighted by molar-refractivity contribution is 5.87. The van der Waals surface area contributed by atoms with Crippen molar-refractivity contribution < 1.29 is 19.1 Å². The van der Waals surface area contributed by atoms with Crippen LogP contribution in [-0.2, 0) is 19.1 Å². The summed E-state index contributed by atoms with van der Waals surface area (Å²) >= 11 is 0. The molecule has 0 heterocycles. The number of allylic oxidation sites excluding steroid dienone is 4. The number of esters is 2. The lowest BCUT2D eigenvalue weighted by Gasteiger charge is -2.17. The smallest absolute Gasteiger partial charge is 0.330 e. The number of carbonyl (C=O) groups excluding carboxylic acids is 2. The van der Waals surface area contributed by atoms with Crippen LogP contribution in [0.1, 0.15) is 47.9 Å². The van der Waals surface area contributed by atoms with Crippen LogP contribution < -0.4 is 0 Å². The highest BCUT2D eigenvalue weighted by Crippen LogP contribution is 2.44. The van der Waals surface area contributed by atoms with Crippen molar-refractivity contribution in [1.29, 1.82) is 0 Å². The standard InChI is InChI=1S/2C18H20O2/c2*1-13-2-4-14(5-3-13)7-9-18(19)20-12-17-11-15-6-8-16(17)10-15/h2*2-9,15-17H,10-12H2,1H3/b2*9-7+. The summed E-state index contributed by atoms with van der Waals surface area (Å²) in [6.07, 6.45) is 20.7. The molecule has 208 valence electrons. The zero-order valence-corrected chi connectivity index (χ0v) is 23.6. The molecular weight excluding hydrogens is 496 g/mol. The number of ether oxygens (including phenoxy) is 2. The first-order chi connectivity index (χ1) is 19.4. The van der Waals surface area contributed by atoms with E-state index < -0.39 is 0 Å². The van der Waals surface area contributed by atoms with E-state index in [4.69, 9.17) is 9.47 Å². The van der Waals surface area contributed by atoms with Gasteiger partial charge in [-0.05, 0) is 98.3 Å². The lowest BCUT2D eigenvalue weighted by Crippen LogP contribution is -2.16. The number of hydrogen-bond acceptors (Lipinski definition) is 4. The molecule has 0 aliphatic heterocycles. The Hall–Kier alpha value is -3.66. The molecule has 4 bridgehead atoms. The summed E-state index contributed by atoms with van der Waals surface area (Å²) in [5.41, 5.74) is 4.48. The summed E-state index contributed by atoms with van der Waals surface area (Å²) in [5.74, 6) is 3.31. The van der Waals surface area contributed by atoms with E-state index in [2.05, 4.69) is 24.3 Å². The summed E-state index contributed by atoms with van der Waals surface area (Å²) in [6, 6.07) is 16.1. The second-order valence-electron chi connectivity index (χ2n) is 11.8. The van der Waals surface area contributed by atoms with Crippen LogP contribution in [0.25, 0.3) is 12.2 Å². The van der Waals surface area contributed by atoms with Gasteiger partial charge in [-0.2, -0.15) is 0 Å². The van der Waals surface area contributed by atoms with Gasteiger partial charge in [0.1, 0.15) is 0 Å². The quantitative estimate of drug-likeness (QED) is 0.199. The Morgan fingerprint density at radius 1 is 0.625 bits per heavy atom. The van der Waals surface area contributed by atoms with Gasteiger partial charge in [0.25, 0.3) is 0 Å². The molecule has 40 heavy (non-hydrogen) atoms. The van der Waals surface area contributed by atoms with E-state index in [-0.39, 0.29) is 11.9 Å². The van der Waals surface area contributed by atoms with Crippen LogP contribution >= 0.6 is 0 Å². The second kappa shape index (κ2) is 13.1. The van der Waals surface area contributed by atoms with Crippen molar-refractivity contribution in [1.82, 2.24) is 0 Å². The molecule has 4 nitrogen and oxygen atoms in total. The predicted molar refractivity (Wildman–Crippen MR) is 160 cm³/mol. The van der Waals surface area contributed by atoms with Crippen molar-refractivity contribution in [2.24, 2.45) is 35.5 Å². The molecule has 0 radical (unpaired) electrons. The van der Waals surface area contributed by atoms with E-state index in [1.807, 2.05) is 74.5 Å². The fourth-order valence-corrected chi connectivity index (χ4v) is 6.33. The minimum atomic E-state index is -0.239. The van der Waals surface area contributed by atoms with Gasteiger partial charge < -0.3 is 9.47 Å². The van der Waals surface area contributed by atoms with Crippen LogP contribution in [-0.4, -0.2) is 25.2 Å². The molecule has 4 aliphatic carbocycles. The number of hydrogen-bond donors (Lipinski definition) is 0. The molecule has 6 atom stereocenters. The molecule has 2 aromatic carbocycles. The molecule has 6 unspecified atom stereocenters. The van der Waals surface area contributed by atoms with Crippen molar-refractivity contribution in [3.05, 3.63) is 107 Å². The molecule has 6 rings (SSSR count). The van der Waals surface area contributed by atoms with Gasteiger partial charge in [0.15, 0.2) is 0 Å². The van der Waals surface area contributed by atoms with Crippen molar-refractivity contribution in [2.75, 3.05) is 13.2 Å². The van der Waals surface area contributed by atoms with E-state index in [1.54, 1.807) is 0 Å².